The first kappa shape index (κ1) is 11.6. The Kier molecular flexibility index (Phi) is 2.84. The van der Waals surface area contributed by atoms with E-state index in [0.29, 0.717) is 0 Å². The van der Waals surface area contributed by atoms with Crippen LogP contribution in [0.15, 0.2) is 60.7 Å². The molecule has 0 radical (unpaired) electrons. The monoisotopic (exact) mass is 250 g/mol. The average Bonchev–Trinajstić information content (AvgIpc) is 2.48. The third-order valence-electron chi connectivity index (χ3n) is 3.25. The van der Waals surface area contributed by atoms with Gasteiger partial charge in [-0.15, -0.1) is 0 Å². The lowest BCUT2D eigenvalue weighted by Gasteiger charge is -2.08. The van der Waals surface area contributed by atoms with Crippen LogP contribution in [0.3, 0.4) is 0 Å². The van der Waals surface area contributed by atoms with Crippen LogP contribution in [0.2, 0.25) is 0 Å². The van der Waals surface area contributed by atoms with E-state index >= 15 is 0 Å². The first-order valence-electron chi connectivity index (χ1n) is 6.14. The molecule has 0 aliphatic heterocycles. The molecule has 1 N–H and O–H groups in total. The lowest BCUT2D eigenvalue weighted by Crippen LogP contribution is -1.84. The maximum absolute atomic E-state index is 10.2. The molecule has 0 atom stereocenters. The molecule has 94 valence electrons. The molecule has 0 unspecified atom stereocenters. The molecule has 0 saturated heterocycles. The van der Waals surface area contributed by atoms with E-state index in [1.54, 1.807) is 13.2 Å². The second-order valence-electron chi connectivity index (χ2n) is 4.45. The fourth-order valence-electron chi connectivity index (χ4n) is 2.24. The molecule has 3 aromatic rings. The highest BCUT2D eigenvalue weighted by Gasteiger charge is 2.06. The molecule has 0 amide bonds. The maximum atomic E-state index is 10.2. The summed E-state index contributed by atoms with van der Waals surface area (Å²) in [5, 5.41) is 12.0. The van der Waals surface area contributed by atoms with Crippen molar-refractivity contribution in [1.29, 1.82) is 0 Å². The van der Waals surface area contributed by atoms with Crippen LogP contribution in [0.25, 0.3) is 21.9 Å². The first-order valence-corrected chi connectivity index (χ1v) is 6.14. The fraction of sp³-hybridized carbons (Fsp3) is 0.0588. The molecular formula is C17H14O2. The number of aromatic hydroxyl groups is 1. The van der Waals surface area contributed by atoms with Crippen molar-refractivity contribution in [2.24, 2.45) is 0 Å². The highest BCUT2D eigenvalue weighted by atomic mass is 16.5. The maximum Gasteiger partial charge on any atom is 0.124 e. The molecule has 0 bridgehead atoms. The van der Waals surface area contributed by atoms with Gasteiger partial charge in [-0.25, -0.2) is 0 Å². The minimum atomic E-state index is 0.273. The zero-order valence-electron chi connectivity index (χ0n) is 10.6. The van der Waals surface area contributed by atoms with Crippen LogP contribution in [0.1, 0.15) is 0 Å². The molecule has 0 aliphatic rings. The van der Waals surface area contributed by atoms with Crippen molar-refractivity contribution in [3.63, 3.8) is 0 Å². The molecule has 0 spiro atoms. The van der Waals surface area contributed by atoms with E-state index in [4.69, 9.17) is 4.74 Å². The molecular weight excluding hydrogens is 236 g/mol. The minimum Gasteiger partial charge on any atom is -0.507 e. The quantitative estimate of drug-likeness (QED) is 0.737. The van der Waals surface area contributed by atoms with Crippen LogP contribution >= 0.6 is 0 Å². The predicted octanol–water partition coefficient (Wildman–Crippen LogP) is 4.22. The number of methoxy groups -OCH3 is 1. The molecule has 3 aromatic carbocycles. The van der Waals surface area contributed by atoms with Gasteiger partial charge in [0.2, 0.25) is 0 Å². The van der Waals surface area contributed by atoms with Gasteiger partial charge in [0.25, 0.3) is 0 Å². The highest BCUT2D eigenvalue weighted by molar-refractivity contribution is 5.93. The summed E-state index contributed by atoms with van der Waals surface area (Å²) in [6.45, 7) is 0. The first-order chi connectivity index (χ1) is 9.28. The summed E-state index contributed by atoms with van der Waals surface area (Å²) in [6.07, 6.45) is 0. The Morgan fingerprint density at radius 3 is 2.37 bits per heavy atom. The van der Waals surface area contributed by atoms with Crippen molar-refractivity contribution in [2.75, 3.05) is 7.11 Å². The Bertz CT molecular complexity index is 718. The molecule has 2 nitrogen and oxygen atoms in total. The number of hydrogen-bond acceptors (Lipinski definition) is 2. The molecule has 3 rings (SSSR count). The van der Waals surface area contributed by atoms with Crippen LogP contribution < -0.4 is 4.74 Å². The second-order valence-corrected chi connectivity index (χ2v) is 4.45. The van der Waals surface area contributed by atoms with Gasteiger partial charge in [-0.05, 0) is 40.8 Å². The number of fused-ring (bicyclic) bond motifs is 1. The van der Waals surface area contributed by atoms with Gasteiger partial charge in [-0.1, -0.05) is 36.4 Å². The molecule has 2 heteroatoms. The molecule has 19 heavy (non-hydrogen) atoms. The molecule has 0 saturated carbocycles. The fourth-order valence-corrected chi connectivity index (χ4v) is 2.24. The van der Waals surface area contributed by atoms with Gasteiger partial charge < -0.3 is 9.84 Å². The normalized spacial score (nSPS) is 10.6. The number of phenolic OH excluding ortho intramolecular Hbond substituents is 1. The summed E-state index contributed by atoms with van der Waals surface area (Å²) < 4.78 is 5.18. The van der Waals surface area contributed by atoms with E-state index in [1.807, 2.05) is 48.5 Å². The van der Waals surface area contributed by atoms with Crippen molar-refractivity contribution >= 4 is 10.8 Å². The third kappa shape index (κ3) is 2.13. The SMILES string of the molecule is COc1ccc2cc(-c3ccccc3)cc(O)c2c1. The minimum absolute atomic E-state index is 0.273. The van der Waals surface area contributed by atoms with Gasteiger partial charge in [0.1, 0.15) is 11.5 Å². The van der Waals surface area contributed by atoms with E-state index in [2.05, 4.69) is 6.07 Å². The van der Waals surface area contributed by atoms with Crippen molar-refractivity contribution < 1.29 is 9.84 Å². The summed E-state index contributed by atoms with van der Waals surface area (Å²) in [7, 11) is 1.62. The van der Waals surface area contributed by atoms with Gasteiger partial charge >= 0.3 is 0 Å². The highest BCUT2D eigenvalue weighted by Crippen LogP contribution is 2.33. The number of ether oxygens (including phenoxy) is 1. The van der Waals surface area contributed by atoms with Crippen LogP contribution in [-0.4, -0.2) is 12.2 Å². The van der Waals surface area contributed by atoms with Crippen molar-refractivity contribution in [3.8, 4) is 22.6 Å². The molecule has 0 heterocycles. The summed E-state index contributed by atoms with van der Waals surface area (Å²) in [5.74, 6) is 1.02. The van der Waals surface area contributed by atoms with Gasteiger partial charge in [0.05, 0.1) is 7.11 Å². The Labute approximate surface area is 111 Å². The van der Waals surface area contributed by atoms with E-state index in [0.717, 1.165) is 27.6 Å². The Hall–Kier alpha value is -2.48. The molecule has 0 aromatic heterocycles. The van der Waals surface area contributed by atoms with E-state index in [-0.39, 0.29) is 5.75 Å². The third-order valence-corrected chi connectivity index (χ3v) is 3.25. The Morgan fingerprint density at radius 1 is 0.842 bits per heavy atom. The van der Waals surface area contributed by atoms with Crippen LogP contribution in [0, 0.1) is 0 Å². The number of rotatable bonds is 2. The van der Waals surface area contributed by atoms with Crippen molar-refractivity contribution in [3.05, 3.63) is 60.7 Å². The molecule has 0 fully saturated rings. The van der Waals surface area contributed by atoms with E-state index in [9.17, 15) is 5.11 Å². The standard InChI is InChI=1S/C17H14O2/c1-19-15-8-7-13-9-14(10-17(18)16(13)11-15)12-5-3-2-4-6-12/h2-11,18H,1H3. The zero-order chi connectivity index (χ0) is 13.2. The van der Waals surface area contributed by atoms with Gasteiger partial charge in [-0.3, -0.25) is 0 Å². The topological polar surface area (TPSA) is 29.5 Å². The summed E-state index contributed by atoms with van der Waals surface area (Å²) in [4.78, 5) is 0. The zero-order valence-corrected chi connectivity index (χ0v) is 10.6. The summed E-state index contributed by atoms with van der Waals surface area (Å²) in [6, 6.07) is 19.6. The van der Waals surface area contributed by atoms with Crippen LogP contribution in [0.4, 0.5) is 0 Å². The van der Waals surface area contributed by atoms with Gasteiger partial charge in [-0.2, -0.15) is 0 Å². The van der Waals surface area contributed by atoms with Gasteiger partial charge in [0, 0.05) is 5.39 Å². The summed E-state index contributed by atoms with van der Waals surface area (Å²) in [5.41, 5.74) is 2.10. The van der Waals surface area contributed by atoms with Crippen molar-refractivity contribution in [2.45, 2.75) is 0 Å². The second kappa shape index (κ2) is 4.65. The molecule has 0 aliphatic carbocycles. The number of phenols is 1. The van der Waals surface area contributed by atoms with Crippen LogP contribution in [-0.2, 0) is 0 Å². The Balaban J connectivity index is 2.20. The van der Waals surface area contributed by atoms with E-state index < -0.39 is 0 Å². The van der Waals surface area contributed by atoms with Crippen LogP contribution in [0.5, 0.6) is 11.5 Å². The number of hydrogen-bond donors (Lipinski definition) is 1. The summed E-state index contributed by atoms with van der Waals surface area (Å²) >= 11 is 0. The Morgan fingerprint density at radius 2 is 1.63 bits per heavy atom. The smallest absolute Gasteiger partial charge is 0.124 e. The largest absolute Gasteiger partial charge is 0.507 e. The average molecular weight is 250 g/mol. The lowest BCUT2D eigenvalue weighted by molar-refractivity contribution is 0.415. The predicted molar refractivity (Wildman–Crippen MR) is 77.6 cm³/mol. The van der Waals surface area contributed by atoms with Crippen molar-refractivity contribution in [1.82, 2.24) is 0 Å². The number of benzene rings is 3. The van der Waals surface area contributed by atoms with Gasteiger partial charge in [0.15, 0.2) is 0 Å². The van der Waals surface area contributed by atoms with E-state index in [1.165, 1.54) is 0 Å². The lowest BCUT2D eigenvalue weighted by atomic mass is 10.0.